The van der Waals surface area contributed by atoms with E-state index in [1.165, 1.54) is 12.1 Å². The quantitative estimate of drug-likeness (QED) is 0.601. The summed E-state index contributed by atoms with van der Waals surface area (Å²) in [4.78, 5) is 8.58. The Bertz CT molecular complexity index is 525. The number of benzene rings is 1. The molecule has 2 rings (SSSR count). The van der Waals surface area contributed by atoms with Gasteiger partial charge >= 0.3 is 0 Å². The normalized spacial score (nSPS) is 11.1. The van der Waals surface area contributed by atoms with Crippen LogP contribution >= 0.6 is 0 Å². The molecular formula is C11H13FN4. The van der Waals surface area contributed by atoms with Gasteiger partial charge in [0.05, 0.1) is 5.52 Å². The molecule has 3 N–H and O–H groups in total. The molecule has 0 fully saturated rings. The molecule has 0 atom stereocenters. The average Bonchev–Trinajstić information content (AvgIpc) is 2.26. The first kappa shape index (κ1) is 10.8. The molecule has 1 aromatic heterocycles. The molecular weight excluding hydrogens is 207 g/mol. The Labute approximate surface area is 92.7 Å². The number of aromatic nitrogens is 2. The number of hydrogen-bond acceptors (Lipinski definition) is 4. The molecule has 0 saturated heterocycles. The Balaban J connectivity index is 2.73. The third-order valence-corrected chi connectivity index (χ3v) is 2.33. The predicted molar refractivity (Wildman–Crippen MR) is 61.4 cm³/mol. The third-order valence-electron chi connectivity index (χ3n) is 2.33. The van der Waals surface area contributed by atoms with Crippen LogP contribution in [0.5, 0.6) is 0 Å². The topological polar surface area (TPSA) is 63.8 Å². The second-order valence-corrected chi connectivity index (χ2v) is 3.89. The van der Waals surface area contributed by atoms with Crippen LogP contribution in [0.1, 0.15) is 25.6 Å². The summed E-state index contributed by atoms with van der Waals surface area (Å²) in [5.41, 5.74) is 3.07. The van der Waals surface area contributed by atoms with Gasteiger partial charge in [-0.15, -0.1) is 0 Å². The molecule has 1 aromatic carbocycles. The van der Waals surface area contributed by atoms with E-state index >= 15 is 0 Å². The van der Waals surface area contributed by atoms with Crippen LogP contribution in [0, 0.1) is 5.82 Å². The number of halogens is 1. The molecule has 0 bridgehead atoms. The zero-order valence-corrected chi connectivity index (χ0v) is 9.16. The van der Waals surface area contributed by atoms with Crippen LogP contribution in [0.2, 0.25) is 0 Å². The number of fused-ring (bicyclic) bond motifs is 1. The number of nitrogen functional groups attached to an aromatic ring is 1. The zero-order valence-electron chi connectivity index (χ0n) is 9.16. The molecule has 0 radical (unpaired) electrons. The number of hydrogen-bond donors (Lipinski definition) is 2. The zero-order chi connectivity index (χ0) is 11.7. The molecule has 0 spiro atoms. The number of rotatable bonds is 2. The minimum atomic E-state index is -0.316. The van der Waals surface area contributed by atoms with E-state index in [1.807, 2.05) is 13.8 Å². The summed E-state index contributed by atoms with van der Waals surface area (Å²) >= 11 is 0. The molecule has 2 aromatic rings. The molecule has 0 unspecified atom stereocenters. The molecule has 5 heteroatoms. The fraction of sp³-hybridized carbons (Fsp3) is 0.273. The van der Waals surface area contributed by atoms with E-state index in [0.29, 0.717) is 22.5 Å². The van der Waals surface area contributed by atoms with E-state index in [-0.39, 0.29) is 11.7 Å². The van der Waals surface area contributed by atoms with E-state index in [9.17, 15) is 4.39 Å². The molecule has 1 heterocycles. The first-order chi connectivity index (χ1) is 7.61. The summed E-state index contributed by atoms with van der Waals surface area (Å²) in [7, 11) is 0. The van der Waals surface area contributed by atoms with Gasteiger partial charge in [-0.25, -0.2) is 20.2 Å². The van der Waals surface area contributed by atoms with E-state index in [2.05, 4.69) is 15.4 Å². The summed E-state index contributed by atoms with van der Waals surface area (Å²) in [6.07, 6.45) is 0. The lowest BCUT2D eigenvalue weighted by Crippen LogP contribution is -2.11. The summed E-state index contributed by atoms with van der Waals surface area (Å²) in [5.74, 6) is 6.41. The highest BCUT2D eigenvalue weighted by Gasteiger charge is 2.09. The number of anilines is 1. The molecule has 16 heavy (non-hydrogen) atoms. The second kappa shape index (κ2) is 4.02. The number of nitrogens with zero attached hydrogens (tertiary/aromatic N) is 2. The highest BCUT2D eigenvalue weighted by Crippen LogP contribution is 2.22. The average molecular weight is 220 g/mol. The van der Waals surface area contributed by atoms with Crippen LogP contribution in [-0.2, 0) is 0 Å². The van der Waals surface area contributed by atoms with E-state index in [0.717, 1.165) is 0 Å². The van der Waals surface area contributed by atoms with Gasteiger partial charge in [-0.3, -0.25) is 0 Å². The highest BCUT2D eigenvalue weighted by atomic mass is 19.1. The standard InChI is InChI=1S/C11H13FN4/c1-6(2)10-14-9-5-7(12)3-4-8(9)11(15-10)16-13/h3-6H,13H2,1-2H3,(H,14,15,16). The third kappa shape index (κ3) is 1.81. The van der Waals surface area contributed by atoms with Gasteiger partial charge in [0, 0.05) is 17.4 Å². The Morgan fingerprint density at radius 3 is 2.69 bits per heavy atom. The summed E-state index contributed by atoms with van der Waals surface area (Å²) < 4.78 is 13.1. The van der Waals surface area contributed by atoms with Gasteiger partial charge in [0.1, 0.15) is 11.6 Å². The SMILES string of the molecule is CC(C)c1nc(NN)c2ccc(F)cc2n1. The summed E-state index contributed by atoms with van der Waals surface area (Å²) in [6.45, 7) is 3.95. The maximum Gasteiger partial charge on any atom is 0.151 e. The van der Waals surface area contributed by atoms with Crippen LogP contribution in [0.15, 0.2) is 18.2 Å². The lowest BCUT2D eigenvalue weighted by Gasteiger charge is -2.09. The van der Waals surface area contributed by atoms with Gasteiger partial charge in [0.15, 0.2) is 5.82 Å². The smallest absolute Gasteiger partial charge is 0.151 e. The number of nitrogens with two attached hydrogens (primary N) is 1. The largest absolute Gasteiger partial charge is 0.308 e. The van der Waals surface area contributed by atoms with Crippen molar-refractivity contribution in [1.29, 1.82) is 0 Å². The predicted octanol–water partition coefficient (Wildman–Crippen LogP) is 2.18. The highest BCUT2D eigenvalue weighted by molar-refractivity contribution is 5.88. The van der Waals surface area contributed by atoms with Crippen molar-refractivity contribution in [3.05, 3.63) is 29.8 Å². The Morgan fingerprint density at radius 1 is 1.31 bits per heavy atom. The second-order valence-electron chi connectivity index (χ2n) is 3.89. The summed E-state index contributed by atoms with van der Waals surface area (Å²) in [6, 6.07) is 4.36. The Morgan fingerprint density at radius 2 is 2.06 bits per heavy atom. The van der Waals surface area contributed by atoms with Gasteiger partial charge < -0.3 is 5.43 Å². The van der Waals surface area contributed by atoms with Gasteiger partial charge in [0.25, 0.3) is 0 Å². The first-order valence-corrected chi connectivity index (χ1v) is 5.05. The van der Waals surface area contributed by atoms with Crippen molar-refractivity contribution < 1.29 is 4.39 Å². The van der Waals surface area contributed by atoms with Gasteiger partial charge in [-0.05, 0) is 12.1 Å². The van der Waals surface area contributed by atoms with Gasteiger partial charge in [0.2, 0.25) is 0 Å². The van der Waals surface area contributed by atoms with Crippen molar-refractivity contribution in [2.75, 3.05) is 5.43 Å². The van der Waals surface area contributed by atoms with Gasteiger partial charge in [-0.2, -0.15) is 0 Å². The molecule has 84 valence electrons. The van der Waals surface area contributed by atoms with E-state index in [4.69, 9.17) is 5.84 Å². The van der Waals surface area contributed by atoms with Crippen LogP contribution in [0.3, 0.4) is 0 Å². The monoisotopic (exact) mass is 220 g/mol. The Kier molecular flexibility index (Phi) is 2.70. The Hall–Kier alpha value is -1.75. The molecule has 4 nitrogen and oxygen atoms in total. The fourth-order valence-electron chi connectivity index (χ4n) is 1.49. The molecule has 0 saturated carbocycles. The van der Waals surface area contributed by atoms with Crippen molar-refractivity contribution >= 4 is 16.7 Å². The minimum Gasteiger partial charge on any atom is -0.308 e. The number of hydrazine groups is 1. The minimum absolute atomic E-state index is 0.166. The fourth-order valence-corrected chi connectivity index (χ4v) is 1.49. The maximum atomic E-state index is 13.1. The summed E-state index contributed by atoms with van der Waals surface area (Å²) in [5, 5.41) is 0.716. The van der Waals surface area contributed by atoms with Crippen LogP contribution in [-0.4, -0.2) is 9.97 Å². The molecule has 0 aliphatic heterocycles. The van der Waals surface area contributed by atoms with Gasteiger partial charge in [-0.1, -0.05) is 13.8 Å². The molecule has 0 aliphatic rings. The first-order valence-electron chi connectivity index (χ1n) is 5.05. The maximum absolute atomic E-state index is 13.1. The van der Waals surface area contributed by atoms with E-state index in [1.54, 1.807) is 6.07 Å². The van der Waals surface area contributed by atoms with Crippen molar-refractivity contribution in [2.24, 2.45) is 5.84 Å². The van der Waals surface area contributed by atoms with Crippen molar-refractivity contribution in [3.63, 3.8) is 0 Å². The van der Waals surface area contributed by atoms with E-state index < -0.39 is 0 Å². The number of nitrogens with one attached hydrogen (secondary N) is 1. The van der Waals surface area contributed by atoms with Crippen molar-refractivity contribution in [2.45, 2.75) is 19.8 Å². The lowest BCUT2D eigenvalue weighted by molar-refractivity contribution is 0.629. The molecule has 0 amide bonds. The van der Waals surface area contributed by atoms with Crippen LogP contribution in [0.25, 0.3) is 10.9 Å². The van der Waals surface area contributed by atoms with Crippen molar-refractivity contribution in [1.82, 2.24) is 9.97 Å². The van der Waals surface area contributed by atoms with Crippen LogP contribution in [0.4, 0.5) is 10.2 Å². The molecule has 0 aliphatic carbocycles. The van der Waals surface area contributed by atoms with Crippen molar-refractivity contribution in [3.8, 4) is 0 Å². The lowest BCUT2D eigenvalue weighted by atomic mass is 10.1. The van der Waals surface area contributed by atoms with Crippen LogP contribution < -0.4 is 11.3 Å².